The normalized spacial score (nSPS) is 10.9. The van der Waals surface area contributed by atoms with Gasteiger partial charge in [0.1, 0.15) is 0 Å². The molecule has 1 rings (SSSR count). The highest BCUT2D eigenvalue weighted by atomic mass is 32.2. The highest BCUT2D eigenvalue weighted by molar-refractivity contribution is 7.85. The predicted octanol–water partition coefficient (Wildman–Crippen LogP) is 0.659. The van der Waals surface area contributed by atoms with Crippen molar-refractivity contribution in [2.24, 2.45) is 0 Å². The molecule has 1 aromatic heterocycles. The van der Waals surface area contributed by atoms with Crippen LogP contribution in [-0.2, 0) is 16.7 Å². The largest absolute Gasteiger partial charge is 0.748 e. The first-order valence-electron chi connectivity index (χ1n) is 3.97. The average Bonchev–Trinajstić information content (AvgIpc) is 2.48. The first-order valence-corrected chi connectivity index (χ1v) is 5.55. The quantitative estimate of drug-likeness (QED) is 0.413. The van der Waals surface area contributed by atoms with E-state index in [4.69, 9.17) is 0 Å². The summed E-state index contributed by atoms with van der Waals surface area (Å²) in [6, 6.07) is 0. The van der Waals surface area contributed by atoms with Crippen molar-refractivity contribution in [3.8, 4) is 0 Å². The van der Waals surface area contributed by atoms with Crippen molar-refractivity contribution in [2.45, 2.75) is 19.4 Å². The summed E-state index contributed by atoms with van der Waals surface area (Å²) in [5.41, 5.74) is 0. The SMILES string of the molecule is O=S(=O)([O-])CCCCn1ccnc1.[CH3+]. The predicted molar refractivity (Wildman–Crippen MR) is 52.4 cm³/mol. The molecule has 0 aliphatic heterocycles. The summed E-state index contributed by atoms with van der Waals surface area (Å²) in [5, 5.41) is 0. The van der Waals surface area contributed by atoms with Gasteiger partial charge in [-0.25, -0.2) is 13.4 Å². The second kappa shape index (κ2) is 5.66. The second-order valence-electron chi connectivity index (χ2n) is 2.77. The summed E-state index contributed by atoms with van der Waals surface area (Å²) >= 11 is 0. The Morgan fingerprint density at radius 3 is 2.57 bits per heavy atom. The Balaban J connectivity index is 0.00000169. The third-order valence-corrected chi connectivity index (χ3v) is 2.41. The van der Waals surface area contributed by atoms with E-state index in [9.17, 15) is 13.0 Å². The van der Waals surface area contributed by atoms with Gasteiger partial charge in [-0.2, -0.15) is 0 Å². The molecule has 0 N–H and O–H groups in total. The van der Waals surface area contributed by atoms with Crippen LogP contribution in [0, 0.1) is 7.43 Å². The number of hydrogen-bond donors (Lipinski definition) is 0. The third kappa shape index (κ3) is 5.60. The van der Waals surface area contributed by atoms with Crippen LogP contribution in [0.3, 0.4) is 0 Å². The number of hydrogen-bond acceptors (Lipinski definition) is 4. The number of imidazole rings is 1. The first-order chi connectivity index (χ1) is 6.08. The molecule has 6 heteroatoms. The van der Waals surface area contributed by atoms with E-state index in [1.54, 1.807) is 18.7 Å². The van der Waals surface area contributed by atoms with Crippen LogP contribution in [-0.4, -0.2) is 28.3 Å². The number of aryl methyl sites for hydroxylation is 1. The molecular weight excluding hydrogens is 204 g/mol. The number of rotatable bonds is 5. The van der Waals surface area contributed by atoms with Gasteiger partial charge in [-0.05, 0) is 12.8 Å². The van der Waals surface area contributed by atoms with Crippen LogP contribution in [0.15, 0.2) is 18.7 Å². The number of nitrogens with zero attached hydrogens (tertiary/aromatic N) is 2. The Morgan fingerprint density at radius 1 is 1.36 bits per heavy atom. The van der Waals surface area contributed by atoms with E-state index in [0.29, 0.717) is 19.4 Å². The van der Waals surface area contributed by atoms with Crippen LogP contribution in [0.1, 0.15) is 12.8 Å². The second-order valence-corrected chi connectivity index (χ2v) is 4.29. The van der Waals surface area contributed by atoms with Gasteiger partial charge in [-0.3, -0.25) is 0 Å². The summed E-state index contributed by atoms with van der Waals surface area (Å²) in [6.45, 7) is 0.704. The van der Waals surface area contributed by atoms with Gasteiger partial charge in [0.2, 0.25) is 0 Å². The van der Waals surface area contributed by atoms with Crippen LogP contribution in [0.25, 0.3) is 0 Å². The molecule has 0 fully saturated rings. The van der Waals surface area contributed by atoms with Crippen LogP contribution in [0.2, 0.25) is 0 Å². The zero-order valence-electron chi connectivity index (χ0n) is 8.09. The van der Waals surface area contributed by atoms with Crippen molar-refractivity contribution >= 4 is 10.1 Å². The Hall–Kier alpha value is -1.01. The van der Waals surface area contributed by atoms with Crippen molar-refractivity contribution in [2.75, 3.05) is 5.75 Å². The molecule has 1 heterocycles. The Bertz CT molecular complexity index is 331. The number of aromatic nitrogens is 2. The Morgan fingerprint density at radius 2 is 2.07 bits per heavy atom. The van der Waals surface area contributed by atoms with E-state index in [-0.39, 0.29) is 13.2 Å². The molecule has 1 aromatic rings. The molecule has 0 aliphatic rings. The molecular formula is C8H14N2O3S. The molecule has 0 bridgehead atoms. The van der Waals surface area contributed by atoms with E-state index in [1.165, 1.54) is 0 Å². The average molecular weight is 218 g/mol. The highest BCUT2D eigenvalue weighted by Crippen LogP contribution is 1.97. The third-order valence-electron chi connectivity index (χ3n) is 1.62. The van der Waals surface area contributed by atoms with Crippen molar-refractivity contribution in [1.29, 1.82) is 0 Å². The van der Waals surface area contributed by atoms with E-state index in [1.807, 2.05) is 4.57 Å². The maximum absolute atomic E-state index is 10.2. The van der Waals surface area contributed by atoms with Crippen LogP contribution in [0.5, 0.6) is 0 Å². The minimum atomic E-state index is -4.04. The van der Waals surface area contributed by atoms with E-state index in [0.717, 1.165) is 0 Å². The van der Waals surface area contributed by atoms with Crippen molar-refractivity contribution in [3.63, 3.8) is 0 Å². The lowest BCUT2D eigenvalue weighted by molar-refractivity contribution is 0.459. The molecule has 0 saturated heterocycles. The highest BCUT2D eigenvalue weighted by Gasteiger charge is 1.95. The molecule has 80 valence electrons. The summed E-state index contributed by atoms with van der Waals surface area (Å²) < 4.78 is 32.5. The minimum Gasteiger partial charge on any atom is -0.748 e. The van der Waals surface area contributed by atoms with Crippen LogP contribution in [0.4, 0.5) is 0 Å². The number of unbranched alkanes of at least 4 members (excludes halogenated alkanes) is 1. The van der Waals surface area contributed by atoms with Crippen molar-refractivity contribution in [1.82, 2.24) is 9.55 Å². The lowest BCUT2D eigenvalue weighted by Gasteiger charge is -2.06. The standard InChI is InChI=1S/C7H12N2O3S.CH3/c10-13(11,12)6-2-1-4-9-5-3-8-7-9;/h3,5,7H,1-2,4,6H2,(H,10,11,12);1H3/q;+1/p-1. The van der Waals surface area contributed by atoms with Gasteiger partial charge in [0.15, 0.2) is 0 Å². The lowest BCUT2D eigenvalue weighted by Crippen LogP contribution is -2.05. The topological polar surface area (TPSA) is 75.0 Å². The van der Waals surface area contributed by atoms with Crippen molar-refractivity contribution in [3.05, 3.63) is 26.1 Å². The summed E-state index contributed by atoms with van der Waals surface area (Å²) in [5.74, 6) is -0.276. The van der Waals surface area contributed by atoms with Gasteiger partial charge in [-0.1, -0.05) is 0 Å². The van der Waals surface area contributed by atoms with E-state index in [2.05, 4.69) is 4.98 Å². The van der Waals surface area contributed by atoms with Gasteiger partial charge in [0.05, 0.1) is 16.4 Å². The van der Waals surface area contributed by atoms with Gasteiger partial charge >= 0.3 is 0 Å². The Labute approximate surface area is 84.5 Å². The summed E-state index contributed by atoms with van der Waals surface area (Å²) in [7, 11) is -4.04. The monoisotopic (exact) mass is 218 g/mol. The molecule has 0 aromatic carbocycles. The van der Waals surface area contributed by atoms with Gasteiger partial charge < -0.3 is 9.12 Å². The van der Waals surface area contributed by atoms with Gasteiger partial charge in [0.25, 0.3) is 0 Å². The van der Waals surface area contributed by atoms with Crippen molar-refractivity contribution < 1.29 is 13.0 Å². The minimum absolute atomic E-state index is 0. The fraction of sp³-hybridized carbons (Fsp3) is 0.500. The van der Waals surface area contributed by atoms with Crippen LogP contribution < -0.4 is 0 Å². The van der Waals surface area contributed by atoms with Gasteiger partial charge in [0, 0.05) is 32.1 Å². The van der Waals surface area contributed by atoms with E-state index >= 15 is 0 Å². The summed E-state index contributed by atoms with van der Waals surface area (Å²) in [6.07, 6.45) is 6.20. The smallest absolute Gasteiger partial charge is 0.0945 e. The molecule has 0 unspecified atom stereocenters. The zero-order valence-corrected chi connectivity index (χ0v) is 8.90. The first kappa shape index (κ1) is 13.0. The Kier molecular flexibility index (Phi) is 5.26. The van der Waals surface area contributed by atoms with Gasteiger partial charge in [-0.15, -0.1) is 0 Å². The fourth-order valence-corrected chi connectivity index (χ4v) is 1.55. The maximum atomic E-state index is 10.2. The maximum Gasteiger partial charge on any atom is 0.0945 e. The fourth-order valence-electron chi connectivity index (χ4n) is 0.992. The molecule has 0 radical (unpaired) electrons. The molecule has 5 nitrogen and oxygen atoms in total. The molecule has 0 saturated carbocycles. The van der Waals surface area contributed by atoms with Crippen LogP contribution >= 0.6 is 0 Å². The zero-order chi connectivity index (χ0) is 9.73. The molecule has 0 amide bonds. The molecule has 14 heavy (non-hydrogen) atoms. The molecule has 0 atom stereocenters. The molecule has 0 aliphatic carbocycles. The molecule has 0 spiro atoms. The lowest BCUT2D eigenvalue weighted by atomic mass is 10.3. The van der Waals surface area contributed by atoms with E-state index < -0.39 is 10.1 Å². The summed E-state index contributed by atoms with van der Waals surface area (Å²) in [4.78, 5) is 3.83.